The maximum Gasteiger partial charge on any atom is 0.262 e. The number of nitrogens with one attached hydrogen (secondary N) is 1. The lowest BCUT2D eigenvalue weighted by atomic mass is 10.1. The molecule has 6 heteroatoms. The summed E-state index contributed by atoms with van der Waals surface area (Å²) in [5.74, 6) is 0.000995. The third kappa shape index (κ3) is 4.15. The molecule has 0 fully saturated rings. The Morgan fingerprint density at radius 1 is 1.09 bits per heavy atom. The van der Waals surface area contributed by atoms with Gasteiger partial charge in [0, 0.05) is 5.69 Å². The highest BCUT2D eigenvalue weighted by Crippen LogP contribution is 2.36. The number of carbonyl (C=O) groups is 1. The predicted molar refractivity (Wildman–Crippen MR) is 93.8 cm³/mol. The molecule has 0 aliphatic heterocycles. The molecule has 0 aliphatic rings. The van der Waals surface area contributed by atoms with Crippen LogP contribution in [0.5, 0.6) is 5.75 Å². The van der Waals surface area contributed by atoms with E-state index < -0.39 is 0 Å². The molecule has 2 aromatic rings. The summed E-state index contributed by atoms with van der Waals surface area (Å²) in [7, 11) is 0. The summed E-state index contributed by atoms with van der Waals surface area (Å²) in [6.45, 7) is 7.34. The molecule has 4 nitrogen and oxygen atoms in total. The summed E-state index contributed by atoms with van der Waals surface area (Å²) in [5.41, 5.74) is 4.22. The monoisotopic (exact) mass is 352 g/mol. The van der Waals surface area contributed by atoms with E-state index in [1.165, 1.54) is 5.56 Å². The van der Waals surface area contributed by atoms with Crippen LogP contribution < -0.4 is 10.1 Å². The average Bonchev–Trinajstić information content (AvgIpc) is 2.49. The predicted octanol–water partition coefficient (Wildman–Crippen LogP) is 4.64. The largest absolute Gasteiger partial charge is 0.480 e. The van der Waals surface area contributed by atoms with E-state index in [0.29, 0.717) is 21.4 Å². The summed E-state index contributed by atoms with van der Waals surface area (Å²) in [6, 6.07) is 5.71. The maximum atomic E-state index is 12.0. The zero-order chi connectivity index (χ0) is 17.1. The Kier molecular flexibility index (Phi) is 5.50. The number of aryl methyl sites for hydroxylation is 4. The number of nitrogens with zero attached hydrogens (tertiary/aromatic N) is 1. The van der Waals surface area contributed by atoms with Gasteiger partial charge in [0.15, 0.2) is 12.4 Å². The Bertz CT molecular complexity index is 734. The van der Waals surface area contributed by atoms with Crippen molar-refractivity contribution in [1.82, 2.24) is 4.98 Å². The number of hydrogen-bond acceptors (Lipinski definition) is 3. The molecule has 2 rings (SSSR count). The molecule has 0 saturated heterocycles. The van der Waals surface area contributed by atoms with Crippen molar-refractivity contribution in [2.24, 2.45) is 0 Å². The van der Waals surface area contributed by atoms with Crippen molar-refractivity contribution in [1.29, 1.82) is 0 Å². The lowest BCUT2D eigenvalue weighted by Crippen LogP contribution is -2.20. The zero-order valence-electron chi connectivity index (χ0n) is 13.5. The molecule has 0 saturated carbocycles. The molecule has 122 valence electrons. The van der Waals surface area contributed by atoms with Crippen molar-refractivity contribution in [2.45, 2.75) is 27.7 Å². The van der Waals surface area contributed by atoms with Crippen LogP contribution >= 0.6 is 23.2 Å². The number of hydrogen-bond donors (Lipinski definition) is 1. The second-order valence-corrected chi connectivity index (χ2v) is 6.13. The smallest absolute Gasteiger partial charge is 0.262 e. The number of anilines is 1. The maximum absolute atomic E-state index is 12.0. The minimum Gasteiger partial charge on any atom is -0.480 e. The number of aromatic nitrogens is 1. The van der Waals surface area contributed by atoms with Crippen molar-refractivity contribution in [3.05, 3.63) is 50.8 Å². The van der Waals surface area contributed by atoms with Gasteiger partial charge in [-0.05, 0) is 51.0 Å². The summed E-state index contributed by atoms with van der Waals surface area (Å²) >= 11 is 12.3. The highest BCUT2D eigenvalue weighted by molar-refractivity contribution is 6.37. The highest BCUT2D eigenvalue weighted by Gasteiger charge is 2.16. The van der Waals surface area contributed by atoms with Gasteiger partial charge in [-0.2, -0.15) is 0 Å². The van der Waals surface area contributed by atoms with Gasteiger partial charge < -0.3 is 10.1 Å². The number of halogens is 2. The van der Waals surface area contributed by atoms with Crippen molar-refractivity contribution >= 4 is 34.8 Å². The molecule has 0 atom stereocenters. The average molecular weight is 353 g/mol. The molecular formula is C17H18Cl2N2O2. The highest BCUT2D eigenvalue weighted by atomic mass is 35.5. The van der Waals surface area contributed by atoms with Gasteiger partial charge >= 0.3 is 0 Å². The number of pyridine rings is 1. The first-order valence-corrected chi connectivity index (χ1v) is 7.87. The van der Waals surface area contributed by atoms with Gasteiger partial charge in [0.2, 0.25) is 0 Å². The molecule has 0 radical (unpaired) electrons. The molecule has 1 aromatic heterocycles. The first-order valence-electron chi connectivity index (χ1n) is 7.11. The summed E-state index contributed by atoms with van der Waals surface area (Å²) in [4.78, 5) is 16.2. The number of rotatable bonds is 4. The SMILES string of the molecule is Cc1ccc(NC(=O)COc2c(Cl)c(C)nc(C)c2Cl)cc1C. The van der Waals surface area contributed by atoms with Gasteiger partial charge in [0.25, 0.3) is 5.91 Å². The summed E-state index contributed by atoms with van der Waals surface area (Å²) in [6.07, 6.45) is 0. The van der Waals surface area contributed by atoms with Crippen LogP contribution in [-0.4, -0.2) is 17.5 Å². The van der Waals surface area contributed by atoms with Crippen molar-refractivity contribution < 1.29 is 9.53 Å². The van der Waals surface area contributed by atoms with Gasteiger partial charge in [-0.1, -0.05) is 29.3 Å². The van der Waals surface area contributed by atoms with Crippen LogP contribution in [0, 0.1) is 27.7 Å². The third-order valence-electron chi connectivity index (χ3n) is 3.51. The minimum absolute atomic E-state index is 0.185. The van der Waals surface area contributed by atoms with E-state index in [1.54, 1.807) is 13.8 Å². The Balaban J connectivity index is 2.06. The second kappa shape index (κ2) is 7.20. The zero-order valence-corrected chi connectivity index (χ0v) is 15.0. The van der Waals surface area contributed by atoms with Gasteiger partial charge in [0.05, 0.1) is 11.4 Å². The first-order chi connectivity index (χ1) is 10.8. The number of ether oxygens (including phenoxy) is 1. The topological polar surface area (TPSA) is 51.2 Å². The lowest BCUT2D eigenvalue weighted by Gasteiger charge is -2.13. The van der Waals surface area contributed by atoms with Crippen molar-refractivity contribution in [3.63, 3.8) is 0 Å². The lowest BCUT2D eigenvalue weighted by molar-refractivity contribution is -0.118. The van der Waals surface area contributed by atoms with E-state index in [2.05, 4.69) is 10.3 Å². The Morgan fingerprint density at radius 3 is 2.26 bits per heavy atom. The standard InChI is InChI=1S/C17H18Cl2N2O2/c1-9-5-6-13(7-10(9)2)21-14(22)8-23-17-15(18)11(3)20-12(4)16(17)19/h5-7H,8H2,1-4H3,(H,21,22). The van der Waals surface area contributed by atoms with Gasteiger partial charge in [-0.25, -0.2) is 0 Å². The van der Waals surface area contributed by atoms with E-state index in [1.807, 2.05) is 32.0 Å². The van der Waals surface area contributed by atoms with Crippen molar-refractivity contribution in [3.8, 4) is 5.75 Å². The molecular weight excluding hydrogens is 335 g/mol. The van der Waals surface area contributed by atoms with E-state index >= 15 is 0 Å². The molecule has 23 heavy (non-hydrogen) atoms. The Morgan fingerprint density at radius 2 is 1.70 bits per heavy atom. The molecule has 0 bridgehead atoms. The summed E-state index contributed by atoms with van der Waals surface area (Å²) < 4.78 is 5.50. The fourth-order valence-electron chi connectivity index (χ4n) is 2.06. The van der Waals surface area contributed by atoms with E-state index in [9.17, 15) is 4.79 Å². The van der Waals surface area contributed by atoms with E-state index in [4.69, 9.17) is 27.9 Å². The molecule has 1 N–H and O–H groups in total. The van der Waals surface area contributed by atoms with Gasteiger partial charge in [-0.15, -0.1) is 0 Å². The molecule has 1 aromatic carbocycles. The Hall–Kier alpha value is -1.78. The Labute approximate surface area is 145 Å². The van der Waals surface area contributed by atoms with Crippen LogP contribution in [0.1, 0.15) is 22.5 Å². The normalized spacial score (nSPS) is 10.5. The molecule has 1 amide bonds. The summed E-state index contributed by atoms with van der Waals surface area (Å²) in [5, 5.41) is 3.42. The molecule has 0 spiro atoms. The van der Waals surface area contributed by atoms with Crippen LogP contribution in [0.3, 0.4) is 0 Å². The number of benzene rings is 1. The second-order valence-electron chi connectivity index (χ2n) is 5.38. The van der Waals surface area contributed by atoms with Crippen molar-refractivity contribution in [2.75, 3.05) is 11.9 Å². The van der Waals surface area contributed by atoms with E-state index in [-0.39, 0.29) is 18.3 Å². The fraction of sp³-hybridized carbons (Fsp3) is 0.294. The van der Waals surface area contributed by atoms with Gasteiger partial charge in [-0.3, -0.25) is 9.78 Å². The van der Waals surface area contributed by atoms with Crippen LogP contribution in [0.4, 0.5) is 5.69 Å². The minimum atomic E-state index is -0.285. The van der Waals surface area contributed by atoms with Crippen LogP contribution in [-0.2, 0) is 4.79 Å². The molecule has 0 unspecified atom stereocenters. The van der Waals surface area contributed by atoms with Gasteiger partial charge in [0.1, 0.15) is 10.0 Å². The molecule has 0 aliphatic carbocycles. The number of carbonyl (C=O) groups excluding carboxylic acids is 1. The van der Waals surface area contributed by atoms with E-state index in [0.717, 1.165) is 11.3 Å². The number of amides is 1. The van der Waals surface area contributed by atoms with Crippen LogP contribution in [0.25, 0.3) is 0 Å². The first kappa shape index (κ1) is 17.6. The van der Waals surface area contributed by atoms with Crippen LogP contribution in [0.2, 0.25) is 10.0 Å². The van der Waals surface area contributed by atoms with Crippen LogP contribution in [0.15, 0.2) is 18.2 Å². The third-order valence-corrected chi connectivity index (χ3v) is 4.40. The fourth-order valence-corrected chi connectivity index (χ4v) is 2.49. The quantitative estimate of drug-likeness (QED) is 0.871. The molecule has 1 heterocycles.